The Balaban J connectivity index is 2.47. The second-order valence-electron chi connectivity index (χ2n) is 3.82. The number of rotatable bonds is 5. The van der Waals surface area contributed by atoms with E-state index in [2.05, 4.69) is 29.6 Å². The molecule has 2 rings (SSSR count). The number of carbonyl (C=O) groups excluding carboxylic acids is 2. The van der Waals surface area contributed by atoms with Crippen LogP contribution >= 0.6 is 20.1 Å². The summed E-state index contributed by atoms with van der Waals surface area (Å²) in [5, 5.41) is 14.8. The van der Waals surface area contributed by atoms with Crippen LogP contribution in [0.5, 0.6) is 0 Å². The number of amides is 2. The summed E-state index contributed by atoms with van der Waals surface area (Å²) in [5.74, 6) is -0.292. The summed E-state index contributed by atoms with van der Waals surface area (Å²) in [6, 6.07) is 1.77. The SMILES string of the molecule is CN=NNN(C=O)C1=C(c2ccn[nH]2)CI(C)NC1=O. The summed E-state index contributed by atoms with van der Waals surface area (Å²) in [6.45, 7) is 0. The Morgan fingerprint density at radius 3 is 3.00 bits per heavy atom. The van der Waals surface area contributed by atoms with E-state index < -0.39 is 20.1 Å². The zero-order chi connectivity index (χ0) is 14.5. The fourth-order valence-corrected chi connectivity index (χ4v) is 4.92. The molecule has 0 atom stereocenters. The molecule has 0 aliphatic carbocycles. The molecule has 0 radical (unpaired) electrons. The van der Waals surface area contributed by atoms with Crippen molar-refractivity contribution in [2.75, 3.05) is 16.4 Å². The number of aromatic nitrogens is 2. The predicted octanol–water partition coefficient (Wildman–Crippen LogP) is 0.262. The van der Waals surface area contributed by atoms with Gasteiger partial charge in [-0.2, -0.15) is 0 Å². The Kier molecular flexibility index (Phi) is 4.65. The van der Waals surface area contributed by atoms with Crippen LogP contribution in [0.2, 0.25) is 0 Å². The molecule has 0 aromatic carbocycles. The van der Waals surface area contributed by atoms with E-state index in [0.717, 1.165) is 20.7 Å². The van der Waals surface area contributed by atoms with Crippen LogP contribution in [0.25, 0.3) is 5.57 Å². The Bertz CT molecular complexity index is 554. The van der Waals surface area contributed by atoms with Gasteiger partial charge in [-0.15, -0.1) is 0 Å². The number of carbonyl (C=O) groups is 2. The molecule has 20 heavy (non-hydrogen) atoms. The fourth-order valence-electron chi connectivity index (χ4n) is 1.72. The van der Waals surface area contributed by atoms with Gasteiger partial charge in [-0.25, -0.2) is 0 Å². The average molecular weight is 391 g/mol. The molecule has 0 bridgehead atoms. The monoisotopic (exact) mass is 391 g/mol. The topological polar surface area (TPSA) is 115 Å². The number of nitrogens with zero attached hydrogens (tertiary/aromatic N) is 4. The predicted molar refractivity (Wildman–Crippen MR) is 80.3 cm³/mol. The fraction of sp³-hybridized carbons (Fsp3) is 0.300. The molecule has 0 unspecified atom stereocenters. The summed E-state index contributed by atoms with van der Waals surface area (Å²) in [5.41, 5.74) is 4.11. The van der Waals surface area contributed by atoms with E-state index in [4.69, 9.17) is 0 Å². The third-order valence-corrected chi connectivity index (χ3v) is 5.82. The molecule has 108 valence electrons. The van der Waals surface area contributed by atoms with Crippen LogP contribution in [0.4, 0.5) is 0 Å². The number of allylic oxidation sites excluding steroid dienone is 1. The van der Waals surface area contributed by atoms with E-state index in [-0.39, 0.29) is 11.6 Å². The van der Waals surface area contributed by atoms with Gasteiger partial charge in [0.25, 0.3) is 0 Å². The van der Waals surface area contributed by atoms with Gasteiger partial charge >= 0.3 is 122 Å². The number of hydrogen-bond donors (Lipinski definition) is 3. The molecule has 0 saturated heterocycles. The number of nitrogens with one attached hydrogen (secondary N) is 3. The van der Waals surface area contributed by atoms with E-state index in [1.165, 1.54) is 7.05 Å². The van der Waals surface area contributed by atoms with Crippen molar-refractivity contribution in [1.29, 1.82) is 0 Å². The van der Waals surface area contributed by atoms with Gasteiger partial charge in [-0.05, 0) is 0 Å². The average Bonchev–Trinajstić information content (AvgIpc) is 2.94. The Morgan fingerprint density at radius 1 is 1.60 bits per heavy atom. The van der Waals surface area contributed by atoms with Crippen molar-refractivity contribution in [3.63, 3.8) is 0 Å². The van der Waals surface area contributed by atoms with E-state index >= 15 is 0 Å². The summed E-state index contributed by atoms with van der Waals surface area (Å²) in [7, 11) is 1.46. The Labute approximate surface area is 122 Å². The molecule has 2 heterocycles. The molecular formula is C10H14IN7O2. The van der Waals surface area contributed by atoms with Gasteiger partial charge < -0.3 is 0 Å². The first kappa shape index (κ1) is 14.4. The third-order valence-electron chi connectivity index (χ3n) is 2.51. The van der Waals surface area contributed by atoms with Crippen molar-refractivity contribution in [2.45, 2.75) is 0 Å². The first-order chi connectivity index (χ1) is 9.67. The van der Waals surface area contributed by atoms with E-state index in [9.17, 15) is 9.59 Å². The molecule has 1 aromatic heterocycles. The van der Waals surface area contributed by atoms with Crippen molar-refractivity contribution in [3.05, 3.63) is 23.7 Å². The minimum atomic E-state index is -1.58. The molecule has 0 saturated carbocycles. The standard InChI is InChI=1S/C10H14IN7O2/c1-11-5-7(8-3-4-13-15-8)9(10(20)14-11)18(6-19)17-16-12-2/h3-4,6H,5H2,1-2H3,(H,12,17)(H,13,15)(H,14,20). The number of halogens is 1. The zero-order valence-electron chi connectivity index (χ0n) is 10.9. The zero-order valence-corrected chi connectivity index (χ0v) is 13.1. The molecule has 9 nitrogen and oxygen atoms in total. The van der Waals surface area contributed by atoms with Crippen LogP contribution in [0.3, 0.4) is 0 Å². The van der Waals surface area contributed by atoms with Crippen molar-refractivity contribution in [2.24, 2.45) is 10.3 Å². The van der Waals surface area contributed by atoms with Gasteiger partial charge in [0.05, 0.1) is 0 Å². The maximum atomic E-state index is 12.2. The van der Waals surface area contributed by atoms with Gasteiger partial charge in [0.1, 0.15) is 0 Å². The second kappa shape index (κ2) is 6.45. The van der Waals surface area contributed by atoms with Gasteiger partial charge in [0.2, 0.25) is 0 Å². The van der Waals surface area contributed by atoms with Gasteiger partial charge in [-0.1, -0.05) is 0 Å². The molecule has 0 fully saturated rings. The molecular weight excluding hydrogens is 377 g/mol. The number of alkyl halides is 2. The van der Waals surface area contributed by atoms with E-state index in [1.807, 2.05) is 4.93 Å². The van der Waals surface area contributed by atoms with Crippen molar-refractivity contribution in [3.8, 4) is 0 Å². The Hall–Kier alpha value is -1.98. The van der Waals surface area contributed by atoms with Crippen molar-refractivity contribution < 1.29 is 9.59 Å². The maximum absolute atomic E-state index is 12.2. The summed E-state index contributed by atoms with van der Waals surface area (Å²) in [6.07, 6.45) is 2.09. The first-order valence-corrected chi connectivity index (χ1v) is 10.3. The quantitative estimate of drug-likeness (QED) is 0.167. The van der Waals surface area contributed by atoms with Crippen LogP contribution in [-0.4, -0.2) is 43.9 Å². The second-order valence-corrected chi connectivity index (χ2v) is 8.49. The number of H-pyrrole nitrogens is 1. The molecule has 1 aromatic rings. The van der Waals surface area contributed by atoms with Crippen LogP contribution in [0, 0.1) is 0 Å². The number of hydrazine groups is 1. The number of aromatic amines is 1. The minimum absolute atomic E-state index is 0.215. The van der Waals surface area contributed by atoms with Crippen molar-refractivity contribution >= 4 is 38.0 Å². The first-order valence-electron chi connectivity index (χ1n) is 5.56. The van der Waals surface area contributed by atoms with Crippen LogP contribution in [-0.2, 0) is 9.59 Å². The van der Waals surface area contributed by atoms with Gasteiger partial charge in [-0.3, -0.25) is 0 Å². The van der Waals surface area contributed by atoms with E-state index in [0.29, 0.717) is 6.41 Å². The van der Waals surface area contributed by atoms with Gasteiger partial charge in [0, 0.05) is 0 Å². The molecule has 1 aliphatic heterocycles. The van der Waals surface area contributed by atoms with Crippen LogP contribution in [0.15, 0.2) is 28.3 Å². The molecule has 3 N–H and O–H groups in total. The number of hydrogen-bond acceptors (Lipinski definition) is 5. The van der Waals surface area contributed by atoms with Gasteiger partial charge in [0.15, 0.2) is 0 Å². The van der Waals surface area contributed by atoms with Crippen LogP contribution < -0.4 is 9.06 Å². The van der Waals surface area contributed by atoms with E-state index in [1.54, 1.807) is 12.3 Å². The van der Waals surface area contributed by atoms with Crippen LogP contribution in [0.1, 0.15) is 5.69 Å². The molecule has 0 spiro atoms. The summed E-state index contributed by atoms with van der Waals surface area (Å²) in [4.78, 5) is 25.4. The third kappa shape index (κ3) is 2.95. The molecule has 10 heteroatoms. The molecule has 2 amide bonds. The normalized spacial score (nSPS) is 17.3. The van der Waals surface area contributed by atoms with Crippen molar-refractivity contribution in [1.82, 2.24) is 24.3 Å². The molecule has 1 aliphatic rings. The Morgan fingerprint density at radius 2 is 2.40 bits per heavy atom. The summed E-state index contributed by atoms with van der Waals surface area (Å²) < 4.78 is 3.65. The summed E-state index contributed by atoms with van der Waals surface area (Å²) >= 11 is -1.58.